The summed E-state index contributed by atoms with van der Waals surface area (Å²) in [6.45, 7) is 0.119. The van der Waals surface area contributed by atoms with Crippen molar-refractivity contribution in [3.05, 3.63) is 12.2 Å². The quantitative estimate of drug-likeness (QED) is 0.0561. The maximum atomic E-state index is 12.2. The van der Waals surface area contributed by atoms with Crippen LogP contribution in [-0.4, -0.2) is 116 Å². The molecule has 0 aliphatic carbocycles. The Bertz CT molecular complexity index is 765. The van der Waals surface area contributed by atoms with E-state index in [-0.39, 0.29) is 6.42 Å². The highest BCUT2D eigenvalue weighted by Gasteiger charge is 2.58. The molecule has 7 N–H and O–H groups in total. The smallest absolute Gasteiger partial charge is 0.305 e. The molecule has 0 spiro atoms. The van der Waals surface area contributed by atoms with Crippen LogP contribution in [0.1, 0.15) is 96.8 Å². The molecule has 12 heteroatoms. The molecular weight excluding hydrogens is 552 g/mol. The molecule has 2 heterocycles. The number of allylic oxidation sites excluding steroid dienone is 2. The van der Waals surface area contributed by atoms with Gasteiger partial charge in [0, 0.05) is 6.42 Å². The lowest BCUT2D eigenvalue weighted by atomic mass is 9.99. The van der Waals surface area contributed by atoms with E-state index in [0.717, 1.165) is 38.5 Å². The maximum absolute atomic E-state index is 12.2. The molecule has 12 nitrogen and oxygen atoms in total. The zero-order chi connectivity index (χ0) is 31.0. The molecule has 0 bridgehead atoms. The summed E-state index contributed by atoms with van der Waals surface area (Å²) in [5, 5.41) is 70.4. The first-order chi connectivity index (χ1) is 20.2. The van der Waals surface area contributed by atoms with Crippen molar-refractivity contribution in [1.82, 2.24) is 0 Å². The second-order valence-corrected chi connectivity index (χ2v) is 11.4. The lowest BCUT2D eigenvalue weighted by Gasteiger charge is -2.43. The van der Waals surface area contributed by atoms with Gasteiger partial charge in [-0.25, -0.2) is 0 Å². The van der Waals surface area contributed by atoms with Crippen LogP contribution in [0.2, 0.25) is 0 Å². The van der Waals surface area contributed by atoms with Crippen LogP contribution in [0.5, 0.6) is 0 Å². The van der Waals surface area contributed by atoms with E-state index in [9.17, 15) is 40.5 Å². The van der Waals surface area contributed by atoms with Crippen LogP contribution in [-0.2, 0) is 23.7 Å². The minimum Gasteiger partial charge on any atom is -0.463 e. The van der Waals surface area contributed by atoms with Gasteiger partial charge in [-0.3, -0.25) is 4.79 Å². The maximum Gasteiger partial charge on any atom is 0.305 e. The number of aliphatic hydroxyl groups is 7. The van der Waals surface area contributed by atoms with Gasteiger partial charge in [-0.1, -0.05) is 70.4 Å². The van der Waals surface area contributed by atoms with Crippen LogP contribution >= 0.6 is 0 Å². The van der Waals surface area contributed by atoms with Crippen molar-refractivity contribution in [2.24, 2.45) is 0 Å². The number of rotatable bonds is 21. The molecular formula is C30H54O12. The van der Waals surface area contributed by atoms with Gasteiger partial charge >= 0.3 is 5.97 Å². The largest absolute Gasteiger partial charge is 0.463 e. The minimum atomic E-state index is -2.28. The summed E-state index contributed by atoms with van der Waals surface area (Å²) >= 11 is 0. The summed E-state index contributed by atoms with van der Waals surface area (Å²) in [6.07, 6.45) is 6.69. The zero-order valence-corrected chi connectivity index (χ0v) is 25.0. The molecule has 42 heavy (non-hydrogen) atoms. The Labute approximate surface area is 249 Å². The van der Waals surface area contributed by atoms with Crippen LogP contribution in [0, 0.1) is 0 Å². The van der Waals surface area contributed by atoms with Crippen molar-refractivity contribution in [2.75, 3.05) is 19.8 Å². The van der Waals surface area contributed by atoms with Crippen LogP contribution in [0.3, 0.4) is 0 Å². The lowest BCUT2D eigenvalue weighted by molar-refractivity contribution is -0.383. The highest BCUT2D eigenvalue weighted by atomic mass is 16.8. The van der Waals surface area contributed by atoms with Gasteiger partial charge in [0.2, 0.25) is 5.79 Å². The summed E-state index contributed by atoms with van der Waals surface area (Å²) in [6, 6.07) is 0. The number of carbonyl (C=O) groups is 1. The Balaban J connectivity index is 1.62. The molecule has 246 valence electrons. The van der Waals surface area contributed by atoms with E-state index in [1.165, 1.54) is 38.5 Å². The van der Waals surface area contributed by atoms with Gasteiger partial charge in [-0.15, -0.1) is 0 Å². The van der Waals surface area contributed by atoms with Gasteiger partial charge in [0.1, 0.15) is 55.9 Å². The predicted octanol–water partition coefficient (Wildman–Crippen LogP) is 1.19. The van der Waals surface area contributed by atoms with Gasteiger partial charge in [-0.2, -0.15) is 0 Å². The number of ether oxygens (including phenoxy) is 4. The van der Waals surface area contributed by atoms with Crippen molar-refractivity contribution in [3.8, 4) is 0 Å². The lowest BCUT2D eigenvalue weighted by Crippen LogP contribution is -2.62. The van der Waals surface area contributed by atoms with E-state index in [4.69, 9.17) is 18.9 Å². The van der Waals surface area contributed by atoms with Gasteiger partial charge in [-0.05, 0) is 32.1 Å². The number of unbranched alkanes of at least 4 members (excludes halogenated alkanes) is 11. The topological polar surface area (TPSA) is 196 Å². The van der Waals surface area contributed by atoms with Crippen molar-refractivity contribution < 1.29 is 59.5 Å². The van der Waals surface area contributed by atoms with Crippen molar-refractivity contribution in [2.45, 2.75) is 152 Å². The zero-order valence-electron chi connectivity index (χ0n) is 25.0. The normalized spacial score (nSPS) is 33.4. The summed E-state index contributed by atoms with van der Waals surface area (Å²) in [5.74, 6) is -2.78. The van der Waals surface area contributed by atoms with E-state index in [1.807, 2.05) is 0 Å². The average Bonchev–Trinajstić information content (AvgIpc) is 3.23. The molecule has 0 aromatic rings. The predicted molar refractivity (Wildman–Crippen MR) is 152 cm³/mol. The molecule has 0 amide bonds. The number of hydrogen-bond acceptors (Lipinski definition) is 12. The molecule has 2 rings (SSSR count). The fourth-order valence-corrected chi connectivity index (χ4v) is 5.21. The number of hydrogen-bond donors (Lipinski definition) is 7. The summed E-state index contributed by atoms with van der Waals surface area (Å²) < 4.78 is 21.4. The van der Waals surface area contributed by atoms with Gasteiger partial charge in [0.05, 0.1) is 6.61 Å². The van der Waals surface area contributed by atoms with Crippen molar-refractivity contribution >= 4 is 5.97 Å². The fourth-order valence-electron chi connectivity index (χ4n) is 5.21. The first-order valence-electron chi connectivity index (χ1n) is 15.6. The SMILES string of the molecule is CCCCCCCCC=CCCCCCCCC(=O)OC[C@H]1O[C@@](CO)(O[C@H]2O[C@H](CO)[C@@H](O)[C@H](O)[C@H]2O)[C@@H](O)[C@@H]1O. The summed E-state index contributed by atoms with van der Waals surface area (Å²) in [4.78, 5) is 12.2. The van der Waals surface area contributed by atoms with Gasteiger partial charge < -0.3 is 54.7 Å². The third kappa shape index (κ3) is 11.4. The summed E-state index contributed by atoms with van der Waals surface area (Å²) in [7, 11) is 0. The summed E-state index contributed by atoms with van der Waals surface area (Å²) in [5.41, 5.74) is 0. The third-order valence-corrected chi connectivity index (χ3v) is 7.94. The minimum absolute atomic E-state index is 0.191. The molecule has 0 aromatic carbocycles. The average molecular weight is 607 g/mol. The second kappa shape index (κ2) is 20.0. The Morgan fingerprint density at radius 3 is 1.95 bits per heavy atom. The number of aliphatic hydroxyl groups excluding tert-OH is 7. The molecule has 2 fully saturated rings. The first kappa shape index (κ1) is 37.0. The van der Waals surface area contributed by atoms with E-state index in [0.29, 0.717) is 6.42 Å². The highest BCUT2D eigenvalue weighted by Crippen LogP contribution is 2.36. The van der Waals surface area contributed by atoms with Gasteiger partial charge in [0.25, 0.3) is 0 Å². The number of carbonyl (C=O) groups excluding carboxylic acids is 1. The molecule has 0 saturated carbocycles. The van der Waals surface area contributed by atoms with E-state index in [1.54, 1.807) is 0 Å². The van der Waals surface area contributed by atoms with Crippen LogP contribution < -0.4 is 0 Å². The molecule has 2 aliphatic rings. The molecule has 0 aromatic heterocycles. The Hall–Kier alpha value is -1.19. The Morgan fingerprint density at radius 1 is 0.762 bits per heavy atom. The molecule has 9 atom stereocenters. The van der Waals surface area contributed by atoms with Crippen molar-refractivity contribution in [1.29, 1.82) is 0 Å². The highest BCUT2D eigenvalue weighted by molar-refractivity contribution is 5.69. The standard InChI is InChI=1S/C30H54O12/c1-2-3-4-5-6-7-8-9-10-11-12-13-14-15-16-17-23(33)39-19-22-25(35)28(38)30(20-32,41-22)42-29-27(37)26(36)24(34)21(18-31)40-29/h9-10,21-22,24-29,31-32,34-38H,2-8,11-20H2,1H3/t21-,22-,24-,25-,26+,27-,28+,29-,30+/m1/s1. The first-order valence-corrected chi connectivity index (χ1v) is 15.6. The van der Waals surface area contributed by atoms with E-state index < -0.39 is 80.6 Å². The Morgan fingerprint density at radius 2 is 1.36 bits per heavy atom. The molecule has 2 saturated heterocycles. The monoisotopic (exact) mass is 606 g/mol. The van der Waals surface area contributed by atoms with E-state index >= 15 is 0 Å². The van der Waals surface area contributed by atoms with Crippen LogP contribution in [0.15, 0.2) is 12.2 Å². The number of esters is 1. The van der Waals surface area contributed by atoms with E-state index in [2.05, 4.69) is 19.1 Å². The molecule has 0 unspecified atom stereocenters. The third-order valence-electron chi connectivity index (χ3n) is 7.94. The van der Waals surface area contributed by atoms with Crippen LogP contribution in [0.25, 0.3) is 0 Å². The fraction of sp³-hybridized carbons (Fsp3) is 0.900. The second-order valence-electron chi connectivity index (χ2n) is 11.4. The van der Waals surface area contributed by atoms with Crippen LogP contribution in [0.4, 0.5) is 0 Å². The van der Waals surface area contributed by atoms with Gasteiger partial charge in [0.15, 0.2) is 6.29 Å². The van der Waals surface area contributed by atoms with Crippen molar-refractivity contribution in [3.63, 3.8) is 0 Å². The molecule has 2 aliphatic heterocycles. The molecule has 0 radical (unpaired) electrons. The Kier molecular flexibility index (Phi) is 17.6.